The van der Waals surface area contributed by atoms with Gasteiger partial charge in [-0.2, -0.15) is 0 Å². The first-order chi connectivity index (χ1) is 14.9. The number of phenolic OH excluding ortho intramolecular Hbond substituents is 2. The second kappa shape index (κ2) is 10.2. The number of ether oxygens (including phenoxy) is 2. The van der Waals surface area contributed by atoms with Crippen LogP contribution in [0.5, 0.6) is 11.5 Å². The number of carbonyl (C=O) groups is 2. The summed E-state index contributed by atoms with van der Waals surface area (Å²) in [5, 5.41) is 20.2. The zero-order valence-corrected chi connectivity index (χ0v) is 17.8. The number of esters is 1. The molecule has 0 unspecified atom stereocenters. The van der Waals surface area contributed by atoms with Crippen LogP contribution in [0.3, 0.4) is 0 Å². The van der Waals surface area contributed by atoms with Crippen molar-refractivity contribution in [3.05, 3.63) is 82.1 Å². The minimum Gasteiger partial charge on any atom is -0.507 e. The minimum atomic E-state index is -0.836. The third-order valence-electron chi connectivity index (χ3n) is 4.96. The van der Waals surface area contributed by atoms with E-state index in [-0.39, 0.29) is 22.6 Å². The molecule has 2 N–H and O–H groups in total. The Morgan fingerprint density at radius 1 is 1.10 bits per heavy atom. The molecule has 0 aromatic heterocycles. The van der Waals surface area contributed by atoms with Gasteiger partial charge in [0.15, 0.2) is 5.78 Å². The predicted octanol–water partition coefficient (Wildman–Crippen LogP) is 5.03. The zero-order chi connectivity index (χ0) is 22.4. The number of hydrogen-bond acceptors (Lipinski definition) is 6. The summed E-state index contributed by atoms with van der Waals surface area (Å²) in [6, 6.07) is 10.2. The van der Waals surface area contributed by atoms with Crippen LogP contribution in [-0.2, 0) is 20.7 Å². The lowest BCUT2D eigenvalue weighted by molar-refractivity contribution is -0.114. The summed E-state index contributed by atoms with van der Waals surface area (Å²) in [6.45, 7) is 0. The monoisotopic (exact) mass is 442 g/mol. The Morgan fingerprint density at radius 3 is 2.55 bits per heavy atom. The summed E-state index contributed by atoms with van der Waals surface area (Å²) in [5.74, 6) is -1.69. The first-order valence-electron chi connectivity index (χ1n) is 9.82. The standard InChI is InChI=1S/C24H23ClO6/c1-30-17-10-6-3-7-11-21(15-8-4-2-5-9-15)31-24(29)22-18(13-16(26)12-17)23(25)20(28)14-19(22)27/h2-5,7-9,12,14,21,27-28H,6,10-11,13H2,1H3/b7-3+,17-12-/t21-/m1/s1. The van der Waals surface area contributed by atoms with Gasteiger partial charge in [0.25, 0.3) is 0 Å². The lowest BCUT2D eigenvalue weighted by atomic mass is 9.99. The molecule has 0 bridgehead atoms. The van der Waals surface area contributed by atoms with E-state index < -0.39 is 29.4 Å². The minimum absolute atomic E-state index is 0.000262. The van der Waals surface area contributed by atoms with E-state index in [0.717, 1.165) is 11.6 Å². The fourth-order valence-corrected chi connectivity index (χ4v) is 3.60. The highest BCUT2D eigenvalue weighted by molar-refractivity contribution is 6.33. The van der Waals surface area contributed by atoms with Gasteiger partial charge in [0.1, 0.15) is 23.2 Å². The van der Waals surface area contributed by atoms with Crippen molar-refractivity contribution in [2.45, 2.75) is 31.8 Å². The summed E-state index contributed by atoms with van der Waals surface area (Å²) < 4.78 is 11.0. The van der Waals surface area contributed by atoms with Crippen LogP contribution in [0.25, 0.3) is 0 Å². The Bertz CT molecular complexity index is 1030. The molecule has 0 saturated carbocycles. The quantitative estimate of drug-likeness (QED) is 0.500. The fraction of sp³-hybridized carbons (Fsp3) is 0.250. The van der Waals surface area contributed by atoms with Gasteiger partial charge in [0.2, 0.25) is 0 Å². The van der Waals surface area contributed by atoms with Crippen molar-refractivity contribution in [3.63, 3.8) is 0 Å². The van der Waals surface area contributed by atoms with Crippen molar-refractivity contribution in [1.82, 2.24) is 0 Å². The SMILES string of the molecule is CO/C1=C\C(=O)Cc2c(Cl)c(O)cc(O)c2C(=O)O[C@@H](c2ccccc2)C/C=C/CC1. The van der Waals surface area contributed by atoms with Crippen molar-refractivity contribution in [1.29, 1.82) is 0 Å². The van der Waals surface area contributed by atoms with Gasteiger partial charge in [-0.05, 0) is 12.0 Å². The van der Waals surface area contributed by atoms with Gasteiger partial charge in [-0.25, -0.2) is 4.79 Å². The summed E-state index contributed by atoms with van der Waals surface area (Å²) in [4.78, 5) is 25.7. The van der Waals surface area contributed by atoms with Crippen molar-refractivity contribution in [2.75, 3.05) is 7.11 Å². The van der Waals surface area contributed by atoms with Gasteiger partial charge in [-0.3, -0.25) is 4.79 Å². The van der Waals surface area contributed by atoms with E-state index in [1.54, 1.807) is 0 Å². The molecule has 0 radical (unpaired) electrons. The van der Waals surface area contributed by atoms with Crippen molar-refractivity contribution < 1.29 is 29.3 Å². The van der Waals surface area contributed by atoms with Crippen molar-refractivity contribution in [2.24, 2.45) is 0 Å². The number of halogens is 1. The van der Waals surface area contributed by atoms with Crippen molar-refractivity contribution in [3.8, 4) is 11.5 Å². The highest BCUT2D eigenvalue weighted by Gasteiger charge is 2.27. The maximum absolute atomic E-state index is 13.1. The maximum Gasteiger partial charge on any atom is 0.342 e. The molecule has 1 aliphatic rings. The van der Waals surface area contributed by atoms with Crippen LogP contribution < -0.4 is 0 Å². The number of carbonyl (C=O) groups excluding carboxylic acids is 2. The van der Waals surface area contributed by atoms with E-state index in [0.29, 0.717) is 25.0 Å². The Balaban J connectivity index is 2.09. The summed E-state index contributed by atoms with van der Waals surface area (Å²) in [5.41, 5.74) is 0.540. The summed E-state index contributed by atoms with van der Waals surface area (Å²) in [6.07, 6.45) is 5.82. The van der Waals surface area contributed by atoms with Gasteiger partial charge in [-0.15, -0.1) is 0 Å². The normalized spacial score (nSPS) is 20.6. The van der Waals surface area contributed by atoms with Gasteiger partial charge in [0.05, 0.1) is 17.9 Å². The molecule has 31 heavy (non-hydrogen) atoms. The smallest absolute Gasteiger partial charge is 0.342 e. The number of allylic oxidation sites excluding steroid dienone is 3. The highest BCUT2D eigenvalue weighted by atomic mass is 35.5. The molecule has 1 heterocycles. The Hall–Kier alpha value is -3.25. The first kappa shape index (κ1) is 22.4. The summed E-state index contributed by atoms with van der Waals surface area (Å²) >= 11 is 6.20. The first-order valence-corrected chi connectivity index (χ1v) is 10.2. The third-order valence-corrected chi connectivity index (χ3v) is 5.38. The van der Waals surface area contributed by atoms with Crippen molar-refractivity contribution >= 4 is 23.4 Å². The van der Waals surface area contributed by atoms with Crippen LogP contribution >= 0.6 is 11.6 Å². The van der Waals surface area contributed by atoms with E-state index in [4.69, 9.17) is 21.1 Å². The molecular formula is C24H23ClO6. The van der Waals surface area contributed by atoms with Crippen LogP contribution in [-0.4, -0.2) is 29.1 Å². The Kier molecular flexibility index (Phi) is 7.36. The second-order valence-electron chi connectivity index (χ2n) is 7.09. The van der Waals surface area contributed by atoms with E-state index in [2.05, 4.69) is 0 Å². The highest BCUT2D eigenvalue weighted by Crippen LogP contribution is 2.38. The van der Waals surface area contributed by atoms with Gasteiger partial charge in [0, 0.05) is 37.0 Å². The number of methoxy groups -OCH3 is 1. The number of phenols is 2. The maximum atomic E-state index is 13.1. The number of hydrogen-bond donors (Lipinski definition) is 2. The van der Waals surface area contributed by atoms with E-state index in [1.807, 2.05) is 42.5 Å². The molecule has 0 aliphatic carbocycles. The average molecular weight is 443 g/mol. The topological polar surface area (TPSA) is 93.1 Å². The molecule has 1 atom stereocenters. The van der Waals surface area contributed by atoms with Gasteiger partial charge in [-0.1, -0.05) is 54.1 Å². The zero-order valence-electron chi connectivity index (χ0n) is 17.0. The van der Waals surface area contributed by atoms with Gasteiger partial charge >= 0.3 is 5.97 Å². The van der Waals surface area contributed by atoms with E-state index in [1.165, 1.54) is 13.2 Å². The lowest BCUT2D eigenvalue weighted by Crippen LogP contribution is -2.15. The van der Waals surface area contributed by atoms with Crippen LogP contribution in [0.1, 0.15) is 46.9 Å². The average Bonchev–Trinajstić information content (AvgIpc) is 2.75. The molecule has 2 aromatic carbocycles. The second-order valence-corrected chi connectivity index (χ2v) is 7.47. The molecule has 0 spiro atoms. The van der Waals surface area contributed by atoms with Crippen LogP contribution in [0.15, 0.2) is 60.4 Å². The predicted molar refractivity (Wildman–Crippen MR) is 116 cm³/mol. The van der Waals surface area contributed by atoms with E-state index in [9.17, 15) is 19.8 Å². The number of fused-ring (bicyclic) bond motifs is 1. The molecular weight excluding hydrogens is 420 g/mol. The molecule has 3 rings (SSSR count). The fourth-order valence-electron chi connectivity index (χ4n) is 3.39. The molecule has 0 saturated heterocycles. The summed E-state index contributed by atoms with van der Waals surface area (Å²) in [7, 11) is 1.48. The number of rotatable bonds is 2. The molecule has 1 aliphatic heterocycles. The Labute approximate surface area is 185 Å². The van der Waals surface area contributed by atoms with Crippen LogP contribution in [0.4, 0.5) is 0 Å². The van der Waals surface area contributed by atoms with Crippen LogP contribution in [0, 0.1) is 0 Å². The number of aromatic hydroxyl groups is 2. The molecule has 7 heteroatoms. The molecule has 2 aromatic rings. The third kappa shape index (κ3) is 5.47. The lowest BCUT2D eigenvalue weighted by Gasteiger charge is -2.20. The van der Waals surface area contributed by atoms with Gasteiger partial charge < -0.3 is 19.7 Å². The largest absolute Gasteiger partial charge is 0.507 e. The molecule has 0 amide bonds. The number of cyclic esters (lactones) is 1. The van der Waals surface area contributed by atoms with Crippen LogP contribution in [0.2, 0.25) is 5.02 Å². The molecule has 6 nitrogen and oxygen atoms in total. The number of ketones is 1. The van der Waals surface area contributed by atoms with E-state index >= 15 is 0 Å². The Morgan fingerprint density at radius 2 is 1.84 bits per heavy atom. The molecule has 0 fully saturated rings. The molecule has 162 valence electrons. The number of benzene rings is 2.